The number of carbonyl (C=O) groups is 2. The van der Waals surface area contributed by atoms with E-state index in [1.54, 1.807) is 24.3 Å². The Morgan fingerprint density at radius 1 is 1.10 bits per heavy atom. The van der Waals surface area contributed by atoms with Crippen molar-refractivity contribution in [3.63, 3.8) is 0 Å². The molecule has 158 valence electrons. The average Bonchev–Trinajstić information content (AvgIpc) is 3.20. The minimum Gasteiger partial charge on any atom is -0.494 e. The molecule has 3 N–H and O–H groups in total. The first-order chi connectivity index (χ1) is 14.5. The molecule has 0 saturated heterocycles. The maximum absolute atomic E-state index is 12.5. The van der Waals surface area contributed by atoms with Crippen molar-refractivity contribution >= 4 is 22.8 Å². The van der Waals surface area contributed by atoms with E-state index in [4.69, 9.17) is 4.74 Å². The Morgan fingerprint density at radius 2 is 1.83 bits per heavy atom. The number of H-pyrrole nitrogens is 1. The standard InChI is InChI=1S/C23H28N4O3/c1-4-15(3)21(22-25-18-8-6-7-9-19(18)26-22)27-20(28)14-24-23(29)16-10-12-17(13-11-16)30-5-2/h6-13,15,21H,4-5,14H2,1-3H3,(H,24,29)(H,25,26)(H,27,28). The number of nitrogens with one attached hydrogen (secondary N) is 3. The number of hydrogen-bond acceptors (Lipinski definition) is 4. The number of amides is 2. The van der Waals surface area contributed by atoms with Crippen LogP contribution < -0.4 is 15.4 Å². The molecule has 2 unspecified atom stereocenters. The number of para-hydroxylation sites is 2. The highest BCUT2D eigenvalue weighted by atomic mass is 16.5. The molecule has 7 heteroatoms. The topological polar surface area (TPSA) is 96.1 Å². The van der Waals surface area contributed by atoms with Gasteiger partial charge in [0.15, 0.2) is 0 Å². The normalized spacial score (nSPS) is 12.9. The van der Waals surface area contributed by atoms with Crippen LogP contribution in [0.15, 0.2) is 48.5 Å². The van der Waals surface area contributed by atoms with Crippen LogP contribution in [0.3, 0.4) is 0 Å². The molecule has 0 radical (unpaired) electrons. The van der Waals surface area contributed by atoms with Crippen molar-refractivity contribution in [2.45, 2.75) is 33.2 Å². The quantitative estimate of drug-likeness (QED) is 0.504. The van der Waals surface area contributed by atoms with Gasteiger partial charge in [0.25, 0.3) is 5.91 Å². The van der Waals surface area contributed by atoms with Crippen LogP contribution in [0.1, 0.15) is 49.4 Å². The van der Waals surface area contributed by atoms with Gasteiger partial charge in [-0.1, -0.05) is 32.4 Å². The molecule has 2 amide bonds. The number of carbonyl (C=O) groups excluding carboxylic acids is 2. The van der Waals surface area contributed by atoms with Gasteiger partial charge < -0.3 is 20.4 Å². The average molecular weight is 409 g/mol. The summed E-state index contributed by atoms with van der Waals surface area (Å²) in [5, 5.41) is 5.68. The summed E-state index contributed by atoms with van der Waals surface area (Å²) >= 11 is 0. The first-order valence-electron chi connectivity index (χ1n) is 10.3. The van der Waals surface area contributed by atoms with Crippen molar-refractivity contribution in [3.05, 3.63) is 59.9 Å². The van der Waals surface area contributed by atoms with E-state index in [-0.39, 0.29) is 30.3 Å². The Morgan fingerprint density at radius 3 is 2.50 bits per heavy atom. The van der Waals surface area contributed by atoms with Gasteiger partial charge in [-0.05, 0) is 49.2 Å². The van der Waals surface area contributed by atoms with E-state index < -0.39 is 0 Å². The van der Waals surface area contributed by atoms with Gasteiger partial charge in [-0.15, -0.1) is 0 Å². The van der Waals surface area contributed by atoms with Crippen LogP contribution in [0, 0.1) is 5.92 Å². The van der Waals surface area contributed by atoms with E-state index in [1.165, 1.54) is 0 Å². The Bertz CT molecular complexity index is 964. The molecule has 1 heterocycles. The van der Waals surface area contributed by atoms with Gasteiger partial charge in [-0.2, -0.15) is 0 Å². The van der Waals surface area contributed by atoms with E-state index in [1.807, 2.05) is 31.2 Å². The van der Waals surface area contributed by atoms with E-state index in [2.05, 4.69) is 34.4 Å². The molecule has 0 fully saturated rings. The SMILES string of the molecule is CCOc1ccc(C(=O)NCC(=O)NC(c2nc3ccccc3[nH]2)C(C)CC)cc1. The summed E-state index contributed by atoms with van der Waals surface area (Å²) in [5.74, 6) is 1.03. The van der Waals surface area contributed by atoms with E-state index in [0.29, 0.717) is 17.9 Å². The number of imidazole rings is 1. The van der Waals surface area contributed by atoms with Crippen molar-refractivity contribution in [1.29, 1.82) is 0 Å². The molecule has 0 aliphatic heterocycles. The minimum absolute atomic E-state index is 0.112. The van der Waals surface area contributed by atoms with Crippen LogP contribution in [0.4, 0.5) is 0 Å². The van der Waals surface area contributed by atoms with Crippen LogP contribution in [-0.2, 0) is 4.79 Å². The smallest absolute Gasteiger partial charge is 0.251 e. The lowest BCUT2D eigenvalue weighted by Crippen LogP contribution is -2.40. The molecule has 3 aromatic rings. The van der Waals surface area contributed by atoms with Crippen molar-refractivity contribution < 1.29 is 14.3 Å². The third-order valence-corrected chi connectivity index (χ3v) is 5.07. The van der Waals surface area contributed by atoms with E-state index >= 15 is 0 Å². The lowest BCUT2D eigenvalue weighted by molar-refractivity contribution is -0.121. The zero-order valence-corrected chi connectivity index (χ0v) is 17.6. The van der Waals surface area contributed by atoms with Crippen LogP contribution in [-0.4, -0.2) is 34.9 Å². The Balaban J connectivity index is 1.62. The fourth-order valence-electron chi connectivity index (χ4n) is 3.19. The summed E-state index contributed by atoms with van der Waals surface area (Å²) in [6, 6.07) is 14.3. The third-order valence-electron chi connectivity index (χ3n) is 5.07. The number of fused-ring (bicyclic) bond motifs is 1. The van der Waals surface area contributed by atoms with Gasteiger partial charge >= 0.3 is 0 Å². The first kappa shape index (κ1) is 21.4. The lowest BCUT2D eigenvalue weighted by Gasteiger charge is -2.22. The summed E-state index contributed by atoms with van der Waals surface area (Å²) in [5.41, 5.74) is 2.26. The van der Waals surface area contributed by atoms with Crippen LogP contribution in [0.25, 0.3) is 11.0 Å². The number of aromatic nitrogens is 2. The largest absolute Gasteiger partial charge is 0.494 e. The highest BCUT2D eigenvalue weighted by Crippen LogP contribution is 2.24. The summed E-state index contributed by atoms with van der Waals surface area (Å²) in [6.07, 6.45) is 0.876. The van der Waals surface area contributed by atoms with E-state index in [9.17, 15) is 9.59 Å². The van der Waals surface area contributed by atoms with Gasteiger partial charge in [0.2, 0.25) is 5.91 Å². The monoisotopic (exact) mass is 408 g/mol. The number of aromatic amines is 1. The van der Waals surface area contributed by atoms with Gasteiger partial charge in [-0.25, -0.2) is 4.98 Å². The predicted molar refractivity (Wildman–Crippen MR) is 116 cm³/mol. The van der Waals surface area contributed by atoms with Crippen LogP contribution in [0.2, 0.25) is 0 Å². The fourth-order valence-corrected chi connectivity index (χ4v) is 3.19. The number of ether oxygens (including phenoxy) is 1. The molecular weight excluding hydrogens is 380 g/mol. The van der Waals surface area contributed by atoms with Crippen LogP contribution in [0.5, 0.6) is 5.75 Å². The maximum Gasteiger partial charge on any atom is 0.251 e. The second kappa shape index (κ2) is 9.91. The zero-order valence-electron chi connectivity index (χ0n) is 17.6. The molecule has 0 saturated carbocycles. The summed E-state index contributed by atoms with van der Waals surface area (Å²) in [4.78, 5) is 32.8. The molecule has 2 atom stereocenters. The molecule has 1 aromatic heterocycles. The van der Waals surface area contributed by atoms with Crippen molar-refractivity contribution in [1.82, 2.24) is 20.6 Å². The molecule has 30 heavy (non-hydrogen) atoms. The molecule has 0 bridgehead atoms. The van der Waals surface area contributed by atoms with Gasteiger partial charge in [-0.3, -0.25) is 9.59 Å². The van der Waals surface area contributed by atoms with Gasteiger partial charge in [0.1, 0.15) is 11.6 Å². The Kier molecular flexibility index (Phi) is 7.06. The van der Waals surface area contributed by atoms with Crippen LogP contribution >= 0.6 is 0 Å². The number of hydrogen-bond donors (Lipinski definition) is 3. The van der Waals surface area contributed by atoms with Gasteiger partial charge in [0, 0.05) is 5.56 Å². The summed E-state index contributed by atoms with van der Waals surface area (Å²) in [6.45, 7) is 6.49. The molecule has 2 aromatic carbocycles. The second-order valence-corrected chi connectivity index (χ2v) is 7.21. The minimum atomic E-state index is -0.308. The second-order valence-electron chi connectivity index (χ2n) is 7.21. The Hall–Kier alpha value is -3.35. The lowest BCUT2D eigenvalue weighted by atomic mass is 9.98. The third kappa shape index (κ3) is 5.17. The van der Waals surface area contributed by atoms with Crippen molar-refractivity contribution in [2.75, 3.05) is 13.2 Å². The van der Waals surface area contributed by atoms with Crippen molar-refractivity contribution in [3.8, 4) is 5.75 Å². The maximum atomic E-state index is 12.5. The molecule has 0 aliphatic carbocycles. The van der Waals surface area contributed by atoms with Gasteiger partial charge in [0.05, 0.1) is 30.2 Å². The molecule has 3 rings (SSSR count). The highest BCUT2D eigenvalue weighted by molar-refractivity contribution is 5.96. The highest BCUT2D eigenvalue weighted by Gasteiger charge is 2.23. The number of nitrogens with zero attached hydrogens (tertiary/aromatic N) is 1. The van der Waals surface area contributed by atoms with Crippen molar-refractivity contribution in [2.24, 2.45) is 5.92 Å². The molecule has 0 spiro atoms. The fraction of sp³-hybridized carbons (Fsp3) is 0.348. The number of rotatable bonds is 9. The number of benzene rings is 2. The summed E-state index contributed by atoms with van der Waals surface area (Å²) in [7, 11) is 0. The predicted octanol–water partition coefficient (Wildman–Crippen LogP) is 3.60. The summed E-state index contributed by atoms with van der Waals surface area (Å²) < 4.78 is 5.37. The molecule has 0 aliphatic rings. The Labute approximate surface area is 176 Å². The first-order valence-corrected chi connectivity index (χ1v) is 10.3. The zero-order chi connectivity index (χ0) is 21.5. The van der Waals surface area contributed by atoms with E-state index in [0.717, 1.165) is 23.3 Å². The molecule has 7 nitrogen and oxygen atoms in total. The molecular formula is C23H28N4O3.